The number of hydrogen-bond donors (Lipinski definition) is 0. The molecule has 24 heavy (non-hydrogen) atoms. The van der Waals surface area contributed by atoms with Gasteiger partial charge in [-0.25, -0.2) is 0 Å². The number of nitrogens with zero attached hydrogens (tertiary/aromatic N) is 1. The van der Waals surface area contributed by atoms with Crippen molar-refractivity contribution in [3.63, 3.8) is 0 Å². The Hall–Kier alpha value is -2.54. The average Bonchev–Trinajstić information content (AvgIpc) is 2.61. The molecule has 0 atom stereocenters. The number of benzene rings is 3. The van der Waals surface area contributed by atoms with Gasteiger partial charge in [0.05, 0.1) is 0 Å². The molecule has 0 unspecified atom stereocenters. The van der Waals surface area contributed by atoms with Crippen LogP contribution in [0.15, 0.2) is 78.9 Å². The lowest BCUT2D eigenvalue weighted by Crippen LogP contribution is -2.14. The lowest BCUT2D eigenvalue weighted by Gasteiger charge is -2.24. The second kappa shape index (κ2) is 6.52. The minimum absolute atomic E-state index is 0.161. The van der Waals surface area contributed by atoms with E-state index in [-0.39, 0.29) is 5.41 Å². The number of hydrogen-bond acceptors (Lipinski definition) is 1. The van der Waals surface area contributed by atoms with Crippen LogP contribution in [-0.2, 0) is 5.41 Å². The Balaban J connectivity index is 1.87. The van der Waals surface area contributed by atoms with E-state index >= 15 is 0 Å². The lowest BCUT2D eigenvalue weighted by atomic mass is 9.87. The van der Waals surface area contributed by atoms with Crippen LogP contribution in [0.1, 0.15) is 26.3 Å². The Morgan fingerprint density at radius 2 is 1.25 bits per heavy atom. The van der Waals surface area contributed by atoms with E-state index in [1.54, 1.807) is 0 Å². The summed E-state index contributed by atoms with van der Waals surface area (Å²) in [6, 6.07) is 28.0. The van der Waals surface area contributed by atoms with Crippen LogP contribution in [0.5, 0.6) is 0 Å². The molecule has 0 aliphatic carbocycles. The summed E-state index contributed by atoms with van der Waals surface area (Å²) < 4.78 is 0. The maximum absolute atomic E-state index is 2.28. The molecule has 0 saturated heterocycles. The Morgan fingerprint density at radius 3 is 1.88 bits per heavy atom. The molecule has 0 aromatic heterocycles. The van der Waals surface area contributed by atoms with Gasteiger partial charge in [0, 0.05) is 18.4 Å². The van der Waals surface area contributed by atoms with E-state index in [0.29, 0.717) is 0 Å². The molecule has 0 amide bonds. The maximum Gasteiger partial charge on any atom is 0.0411 e. The summed E-state index contributed by atoms with van der Waals surface area (Å²) in [6.45, 7) is 6.75. The van der Waals surface area contributed by atoms with Crippen molar-refractivity contribution in [1.82, 2.24) is 0 Å². The molecule has 122 valence electrons. The summed E-state index contributed by atoms with van der Waals surface area (Å²) in [5.41, 5.74) is 6.43. The van der Waals surface area contributed by atoms with Crippen LogP contribution < -0.4 is 4.90 Å². The van der Waals surface area contributed by atoms with Gasteiger partial charge in [0.1, 0.15) is 0 Å². The maximum atomic E-state index is 2.28. The van der Waals surface area contributed by atoms with Crippen molar-refractivity contribution < 1.29 is 0 Å². The molecule has 3 aromatic carbocycles. The Morgan fingerprint density at radius 1 is 0.625 bits per heavy atom. The van der Waals surface area contributed by atoms with Crippen LogP contribution >= 0.6 is 0 Å². The van der Waals surface area contributed by atoms with E-state index in [0.717, 1.165) is 0 Å². The van der Waals surface area contributed by atoms with E-state index in [1.165, 1.54) is 28.1 Å². The molecule has 0 bridgehead atoms. The fourth-order valence-corrected chi connectivity index (χ4v) is 2.84. The molecule has 0 saturated carbocycles. The summed E-state index contributed by atoms with van der Waals surface area (Å²) in [5.74, 6) is 0. The van der Waals surface area contributed by atoms with Crippen LogP contribution in [0.2, 0.25) is 0 Å². The fraction of sp³-hybridized carbons (Fsp3) is 0.217. The van der Waals surface area contributed by atoms with Gasteiger partial charge in [-0.3, -0.25) is 0 Å². The van der Waals surface area contributed by atoms with Crippen LogP contribution in [-0.4, -0.2) is 7.05 Å². The fourth-order valence-electron chi connectivity index (χ4n) is 2.84. The molecule has 0 radical (unpaired) electrons. The van der Waals surface area contributed by atoms with Gasteiger partial charge in [0.15, 0.2) is 0 Å². The minimum atomic E-state index is 0.161. The summed E-state index contributed by atoms with van der Waals surface area (Å²) in [4.78, 5) is 2.24. The normalized spacial score (nSPS) is 11.3. The highest BCUT2D eigenvalue weighted by atomic mass is 15.1. The molecule has 0 spiro atoms. The van der Waals surface area contributed by atoms with Crippen molar-refractivity contribution in [2.75, 3.05) is 11.9 Å². The first kappa shape index (κ1) is 16.3. The second-order valence-electron chi connectivity index (χ2n) is 7.27. The predicted molar refractivity (Wildman–Crippen MR) is 105 cm³/mol. The van der Waals surface area contributed by atoms with E-state index in [9.17, 15) is 0 Å². The minimum Gasteiger partial charge on any atom is -0.345 e. The SMILES string of the molecule is CN(c1ccc(-c2ccccc2)cc1)c1cccc(C(C)(C)C)c1. The van der Waals surface area contributed by atoms with Gasteiger partial charge in [-0.15, -0.1) is 0 Å². The molecule has 0 fully saturated rings. The van der Waals surface area contributed by atoms with E-state index < -0.39 is 0 Å². The Bertz CT molecular complexity index is 795. The van der Waals surface area contributed by atoms with Crippen molar-refractivity contribution in [2.24, 2.45) is 0 Å². The van der Waals surface area contributed by atoms with Crippen LogP contribution in [0.3, 0.4) is 0 Å². The highest BCUT2D eigenvalue weighted by Crippen LogP contribution is 2.30. The third kappa shape index (κ3) is 3.51. The van der Waals surface area contributed by atoms with Crippen LogP contribution in [0.25, 0.3) is 11.1 Å². The Labute approximate surface area is 145 Å². The first-order valence-corrected chi connectivity index (χ1v) is 8.45. The van der Waals surface area contributed by atoms with E-state index in [1.807, 2.05) is 6.07 Å². The van der Waals surface area contributed by atoms with Gasteiger partial charge < -0.3 is 4.90 Å². The molecule has 0 aliphatic rings. The van der Waals surface area contributed by atoms with Gasteiger partial charge in [-0.05, 0) is 46.4 Å². The molecular formula is C23H25N. The van der Waals surface area contributed by atoms with Gasteiger partial charge in [-0.2, -0.15) is 0 Å². The van der Waals surface area contributed by atoms with Gasteiger partial charge in [-0.1, -0.05) is 75.4 Å². The van der Waals surface area contributed by atoms with Crippen molar-refractivity contribution in [3.05, 3.63) is 84.4 Å². The second-order valence-corrected chi connectivity index (χ2v) is 7.27. The number of rotatable bonds is 3. The van der Waals surface area contributed by atoms with Gasteiger partial charge >= 0.3 is 0 Å². The molecule has 0 N–H and O–H groups in total. The smallest absolute Gasteiger partial charge is 0.0411 e. The van der Waals surface area contributed by atoms with Gasteiger partial charge in [0.25, 0.3) is 0 Å². The first-order chi connectivity index (χ1) is 11.4. The summed E-state index contributed by atoms with van der Waals surface area (Å²) in [7, 11) is 2.12. The monoisotopic (exact) mass is 315 g/mol. The van der Waals surface area contributed by atoms with Crippen molar-refractivity contribution in [3.8, 4) is 11.1 Å². The van der Waals surface area contributed by atoms with E-state index in [2.05, 4.69) is 106 Å². The molecule has 3 rings (SSSR count). The standard InChI is InChI=1S/C23H25N/c1-23(2,3)20-11-8-12-22(17-20)24(4)21-15-13-19(14-16-21)18-9-6-5-7-10-18/h5-17H,1-4H3. The topological polar surface area (TPSA) is 3.24 Å². The van der Waals surface area contributed by atoms with Gasteiger partial charge in [0.2, 0.25) is 0 Å². The summed E-state index contributed by atoms with van der Waals surface area (Å²) >= 11 is 0. The molecule has 1 heteroatoms. The zero-order valence-corrected chi connectivity index (χ0v) is 15.0. The van der Waals surface area contributed by atoms with Crippen molar-refractivity contribution >= 4 is 11.4 Å². The van der Waals surface area contributed by atoms with E-state index in [4.69, 9.17) is 0 Å². The molecular weight excluding hydrogens is 290 g/mol. The van der Waals surface area contributed by atoms with Crippen molar-refractivity contribution in [2.45, 2.75) is 26.2 Å². The zero-order valence-electron chi connectivity index (χ0n) is 15.0. The highest BCUT2D eigenvalue weighted by molar-refractivity contribution is 5.69. The molecule has 0 heterocycles. The average molecular weight is 315 g/mol. The quantitative estimate of drug-likeness (QED) is 0.539. The molecule has 0 aliphatic heterocycles. The van der Waals surface area contributed by atoms with Crippen molar-refractivity contribution in [1.29, 1.82) is 0 Å². The largest absolute Gasteiger partial charge is 0.345 e. The lowest BCUT2D eigenvalue weighted by molar-refractivity contribution is 0.590. The third-order valence-electron chi connectivity index (χ3n) is 4.46. The number of anilines is 2. The summed E-state index contributed by atoms with van der Waals surface area (Å²) in [5, 5.41) is 0. The first-order valence-electron chi connectivity index (χ1n) is 8.45. The molecule has 3 aromatic rings. The third-order valence-corrected chi connectivity index (χ3v) is 4.46. The summed E-state index contributed by atoms with van der Waals surface area (Å²) in [6.07, 6.45) is 0. The predicted octanol–water partition coefficient (Wildman–Crippen LogP) is 6.42. The Kier molecular flexibility index (Phi) is 4.44. The highest BCUT2D eigenvalue weighted by Gasteiger charge is 2.15. The van der Waals surface area contributed by atoms with Crippen LogP contribution in [0, 0.1) is 0 Å². The zero-order chi connectivity index (χ0) is 17.2. The molecule has 1 nitrogen and oxygen atoms in total. The van der Waals surface area contributed by atoms with Crippen LogP contribution in [0.4, 0.5) is 11.4 Å².